The minimum absolute atomic E-state index is 0.352. The van der Waals surface area contributed by atoms with Gasteiger partial charge in [-0.25, -0.2) is 0 Å². The Bertz CT molecular complexity index is 893. The topological polar surface area (TPSA) is 110 Å². The van der Waals surface area contributed by atoms with Gasteiger partial charge in [-0.3, -0.25) is 4.79 Å². The summed E-state index contributed by atoms with van der Waals surface area (Å²) in [5.74, 6) is -0.594. The van der Waals surface area contributed by atoms with Crippen LogP contribution in [0.4, 0.5) is 0 Å². The van der Waals surface area contributed by atoms with Crippen molar-refractivity contribution in [3.63, 3.8) is 0 Å². The number of amides is 1. The van der Waals surface area contributed by atoms with Gasteiger partial charge in [-0.05, 0) is 38.5 Å². The number of unbranched alkanes of at least 4 members (excludes halogenated alkanes) is 36. The number of nitrogens with one attached hydrogen (secondary N) is 1. The monoisotopic (exact) mass is 834 g/mol. The molecule has 0 aliphatic heterocycles. The molecule has 0 fully saturated rings. The number of hydrogen-bond acceptors (Lipinski definition) is 5. The summed E-state index contributed by atoms with van der Waals surface area (Å²) in [5, 5.41) is 43.8. The third-order valence-electron chi connectivity index (χ3n) is 12.4. The summed E-state index contributed by atoms with van der Waals surface area (Å²) < 4.78 is 0. The molecule has 0 radical (unpaired) electrons. The molecule has 350 valence electrons. The van der Waals surface area contributed by atoms with Gasteiger partial charge in [0.1, 0.15) is 12.2 Å². The maximum absolute atomic E-state index is 12.5. The average Bonchev–Trinajstić information content (AvgIpc) is 3.24. The second kappa shape index (κ2) is 47.8. The molecule has 0 bridgehead atoms. The highest BCUT2D eigenvalue weighted by Gasteiger charge is 2.28. The van der Waals surface area contributed by atoms with Gasteiger partial charge in [-0.15, -0.1) is 0 Å². The van der Waals surface area contributed by atoms with Crippen LogP contribution in [0.25, 0.3) is 0 Å². The largest absolute Gasteiger partial charge is 0.394 e. The van der Waals surface area contributed by atoms with E-state index in [0.29, 0.717) is 12.8 Å². The lowest BCUT2D eigenvalue weighted by molar-refractivity contribution is -0.132. The first-order valence-corrected chi connectivity index (χ1v) is 26.2. The Labute approximate surface area is 367 Å². The van der Waals surface area contributed by atoms with E-state index in [4.69, 9.17) is 0 Å². The molecule has 0 rings (SSSR count). The molecular formula is C53H103NO5. The van der Waals surface area contributed by atoms with Crippen molar-refractivity contribution in [2.75, 3.05) is 6.61 Å². The zero-order valence-corrected chi connectivity index (χ0v) is 39.5. The number of aliphatic hydroxyl groups is 4. The van der Waals surface area contributed by atoms with Gasteiger partial charge >= 0.3 is 0 Å². The second-order valence-corrected chi connectivity index (χ2v) is 18.3. The normalized spacial score (nSPS) is 14.1. The SMILES string of the molecule is CCCCC/C=C\C=C/CCCCCCCC(O)C(=O)NC(CO)C(O)C(O)CCCCCCCCCCCCCCCCCCCCCCCCCCCCCCC. The Hall–Kier alpha value is -1.21. The molecule has 5 N–H and O–H groups in total. The van der Waals surface area contributed by atoms with Crippen LogP contribution in [0, 0.1) is 0 Å². The smallest absolute Gasteiger partial charge is 0.249 e. The number of rotatable bonds is 48. The molecule has 0 aromatic heterocycles. The lowest BCUT2D eigenvalue weighted by atomic mass is 9.99. The molecule has 0 saturated heterocycles. The highest BCUT2D eigenvalue weighted by molar-refractivity contribution is 5.80. The van der Waals surface area contributed by atoms with Crippen LogP contribution in [0.2, 0.25) is 0 Å². The Kier molecular flexibility index (Phi) is 46.9. The van der Waals surface area contributed by atoms with E-state index < -0.39 is 36.9 Å². The van der Waals surface area contributed by atoms with Gasteiger partial charge in [0, 0.05) is 0 Å². The first-order chi connectivity index (χ1) is 29.0. The average molecular weight is 834 g/mol. The molecule has 6 heteroatoms. The van der Waals surface area contributed by atoms with E-state index in [0.717, 1.165) is 64.2 Å². The summed E-state index contributed by atoms with van der Waals surface area (Å²) in [5.41, 5.74) is 0. The minimum Gasteiger partial charge on any atom is -0.394 e. The van der Waals surface area contributed by atoms with E-state index >= 15 is 0 Å². The highest BCUT2D eigenvalue weighted by atomic mass is 16.3. The van der Waals surface area contributed by atoms with Crippen LogP contribution in [-0.4, -0.2) is 57.3 Å². The van der Waals surface area contributed by atoms with E-state index in [1.54, 1.807) is 0 Å². The number of carbonyl (C=O) groups is 1. The Morgan fingerprint density at radius 2 is 0.712 bits per heavy atom. The predicted octanol–water partition coefficient (Wildman–Crippen LogP) is 14.7. The number of allylic oxidation sites excluding steroid dienone is 4. The lowest BCUT2D eigenvalue weighted by Crippen LogP contribution is -2.53. The third kappa shape index (κ3) is 41.9. The molecule has 0 aliphatic carbocycles. The van der Waals surface area contributed by atoms with Gasteiger partial charge in [0.25, 0.3) is 0 Å². The van der Waals surface area contributed by atoms with Crippen molar-refractivity contribution in [1.29, 1.82) is 0 Å². The van der Waals surface area contributed by atoms with Gasteiger partial charge in [0.05, 0.1) is 18.8 Å². The van der Waals surface area contributed by atoms with E-state index in [9.17, 15) is 25.2 Å². The lowest BCUT2D eigenvalue weighted by Gasteiger charge is -2.27. The number of aliphatic hydroxyl groups excluding tert-OH is 4. The molecular weight excluding hydrogens is 731 g/mol. The quantitative estimate of drug-likeness (QED) is 0.0310. The molecule has 0 heterocycles. The van der Waals surface area contributed by atoms with E-state index in [1.165, 1.54) is 186 Å². The van der Waals surface area contributed by atoms with Crippen molar-refractivity contribution in [2.24, 2.45) is 0 Å². The van der Waals surface area contributed by atoms with Crippen molar-refractivity contribution in [3.05, 3.63) is 24.3 Å². The van der Waals surface area contributed by atoms with Crippen molar-refractivity contribution in [1.82, 2.24) is 5.32 Å². The van der Waals surface area contributed by atoms with Crippen LogP contribution >= 0.6 is 0 Å². The molecule has 0 saturated carbocycles. The fourth-order valence-corrected chi connectivity index (χ4v) is 8.28. The Balaban J connectivity index is 3.59. The minimum atomic E-state index is -1.26. The molecule has 0 aliphatic rings. The van der Waals surface area contributed by atoms with Crippen molar-refractivity contribution in [2.45, 2.75) is 301 Å². The third-order valence-corrected chi connectivity index (χ3v) is 12.4. The molecule has 59 heavy (non-hydrogen) atoms. The fraction of sp³-hybridized carbons (Fsp3) is 0.906. The second-order valence-electron chi connectivity index (χ2n) is 18.3. The highest BCUT2D eigenvalue weighted by Crippen LogP contribution is 2.18. The molecule has 4 atom stereocenters. The standard InChI is InChI=1S/C53H103NO5/c1-3-5-7-9-11-13-15-17-19-20-21-22-23-24-25-26-27-28-29-30-31-32-33-35-36-38-40-42-44-46-50(56)52(58)49(48-55)54-53(59)51(57)47-45-43-41-39-37-34-18-16-14-12-10-8-6-4-2/h12,14,16,18,49-52,55-58H,3-11,13,15,17,19-48H2,1-2H3,(H,54,59)/b14-12-,18-16-. The summed E-state index contributed by atoms with van der Waals surface area (Å²) in [6.07, 6.45) is 56.7. The first kappa shape index (κ1) is 57.8. The molecule has 0 spiro atoms. The van der Waals surface area contributed by atoms with Crippen LogP contribution in [0.5, 0.6) is 0 Å². The van der Waals surface area contributed by atoms with Gasteiger partial charge in [-0.2, -0.15) is 0 Å². The predicted molar refractivity (Wildman–Crippen MR) is 256 cm³/mol. The Morgan fingerprint density at radius 1 is 0.424 bits per heavy atom. The molecule has 6 nitrogen and oxygen atoms in total. The van der Waals surface area contributed by atoms with Crippen LogP contribution in [-0.2, 0) is 4.79 Å². The zero-order chi connectivity index (χ0) is 43.1. The number of carbonyl (C=O) groups excluding carboxylic acids is 1. The maximum Gasteiger partial charge on any atom is 0.249 e. The maximum atomic E-state index is 12.5. The van der Waals surface area contributed by atoms with Crippen molar-refractivity contribution < 1.29 is 25.2 Å². The Morgan fingerprint density at radius 3 is 1.07 bits per heavy atom. The van der Waals surface area contributed by atoms with Crippen LogP contribution in [0.15, 0.2) is 24.3 Å². The van der Waals surface area contributed by atoms with Crippen molar-refractivity contribution in [3.8, 4) is 0 Å². The van der Waals surface area contributed by atoms with E-state index in [1.807, 2.05) is 0 Å². The molecule has 4 unspecified atom stereocenters. The van der Waals surface area contributed by atoms with Gasteiger partial charge in [0.15, 0.2) is 0 Å². The van der Waals surface area contributed by atoms with Crippen LogP contribution in [0.1, 0.15) is 277 Å². The first-order valence-electron chi connectivity index (χ1n) is 26.2. The van der Waals surface area contributed by atoms with Gasteiger partial charge in [0.2, 0.25) is 5.91 Å². The summed E-state index contributed by atoms with van der Waals surface area (Å²) in [6.45, 7) is 4.03. The summed E-state index contributed by atoms with van der Waals surface area (Å²) in [6, 6.07) is -0.991. The summed E-state index contributed by atoms with van der Waals surface area (Å²) >= 11 is 0. The fourth-order valence-electron chi connectivity index (χ4n) is 8.28. The summed E-state index contributed by atoms with van der Waals surface area (Å²) in [7, 11) is 0. The molecule has 0 aromatic rings. The van der Waals surface area contributed by atoms with E-state index in [-0.39, 0.29) is 0 Å². The van der Waals surface area contributed by atoms with E-state index in [2.05, 4.69) is 43.5 Å². The van der Waals surface area contributed by atoms with Crippen LogP contribution in [0.3, 0.4) is 0 Å². The molecule has 0 aromatic carbocycles. The van der Waals surface area contributed by atoms with Gasteiger partial charge in [-0.1, -0.05) is 263 Å². The molecule has 1 amide bonds. The summed E-state index contributed by atoms with van der Waals surface area (Å²) in [4.78, 5) is 12.5. The van der Waals surface area contributed by atoms with Crippen LogP contribution < -0.4 is 5.32 Å². The van der Waals surface area contributed by atoms with Gasteiger partial charge < -0.3 is 25.7 Å². The number of hydrogen-bond donors (Lipinski definition) is 5. The van der Waals surface area contributed by atoms with Crippen molar-refractivity contribution >= 4 is 5.91 Å². The zero-order valence-electron chi connectivity index (χ0n) is 39.5.